The van der Waals surface area contributed by atoms with Gasteiger partial charge in [0.25, 0.3) is 0 Å². The Balaban J connectivity index is 3.34. The van der Waals surface area contributed by atoms with Crippen LogP contribution < -0.4 is 0 Å². The molecule has 0 saturated carbocycles. The van der Waals surface area contributed by atoms with E-state index in [2.05, 4.69) is 36.2 Å². The molecule has 0 aliphatic rings. The lowest BCUT2D eigenvalue weighted by Gasteiger charge is -2.07. The van der Waals surface area contributed by atoms with Gasteiger partial charge in [-0.2, -0.15) is 5.26 Å². The third-order valence-corrected chi connectivity index (χ3v) is 2.67. The first-order valence-electron chi connectivity index (χ1n) is 5.97. The van der Waals surface area contributed by atoms with Crippen LogP contribution in [0.2, 0.25) is 0 Å². The number of aryl methyl sites for hydroxylation is 1. The maximum Gasteiger partial charge on any atom is 0.0967 e. The van der Waals surface area contributed by atoms with Gasteiger partial charge in [-0.3, -0.25) is 4.99 Å². The van der Waals surface area contributed by atoms with Crippen LogP contribution in [0.25, 0.3) is 11.8 Å². The van der Waals surface area contributed by atoms with Crippen LogP contribution in [0.5, 0.6) is 0 Å². The summed E-state index contributed by atoms with van der Waals surface area (Å²) >= 11 is 0. The van der Waals surface area contributed by atoms with Gasteiger partial charge in [-0.15, -0.1) is 0 Å². The van der Waals surface area contributed by atoms with Gasteiger partial charge in [0.15, 0.2) is 0 Å². The number of benzene rings is 1. The van der Waals surface area contributed by atoms with Gasteiger partial charge in [0.1, 0.15) is 0 Å². The molecule has 1 rings (SSSR count). The topological polar surface area (TPSA) is 36.1 Å². The third kappa shape index (κ3) is 3.18. The molecule has 0 bridgehead atoms. The number of allylic oxidation sites excluding steroid dienone is 2. The summed E-state index contributed by atoms with van der Waals surface area (Å²) in [6.45, 7) is 7.71. The minimum atomic E-state index is 0.631. The van der Waals surface area contributed by atoms with Crippen molar-refractivity contribution in [2.45, 2.75) is 27.7 Å². The lowest BCUT2D eigenvalue weighted by Crippen LogP contribution is -1.89. The van der Waals surface area contributed by atoms with Gasteiger partial charge < -0.3 is 0 Å². The van der Waals surface area contributed by atoms with Gasteiger partial charge in [0, 0.05) is 11.8 Å². The molecule has 18 heavy (non-hydrogen) atoms. The highest BCUT2D eigenvalue weighted by Crippen LogP contribution is 2.23. The zero-order valence-corrected chi connectivity index (χ0v) is 11.4. The average molecular weight is 238 g/mol. The summed E-state index contributed by atoms with van der Waals surface area (Å²) in [5.74, 6) is 0. The normalized spacial score (nSPS) is 12.8. The second-order valence-electron chi connectivity index (χ2n) is 4.04. The molecule has 0 heterocycles. The number of rotatable bonds is 3. The van der Waals surface area contributed by atoms with Gasteiger partial charge in [-0.1, -0.05) is 24.3 Å². The van der Waals surface area contributed by atoms with Gasteiger partial charge >= 0.3 is 0 Å². The van der Waals surface area contributed by atoms with Gasteiger partial charge in [-0.05, 0) is 44.9 Å². The fourth-order valence-electron chi connectivity index (χ4n) is 1.76. The van der Waals surface area contributed by atoms with E-state index >= 15 is 0 Å². The first-order chi connectivity index (χ1) is 8.63. The summed E-state index contributed by atoms with van der Waals surface area (Å²) in [7, 11) is 0. The SMILES string of the molecule is CC=N/C(=C(\C)C#N)c1ccc(/C=C\C)c(C)c1. The highest BCUT2D eigenvalue weighted by Gasteiger charge is 2.05. The second-order valence-corrected chi connectivity index (χ2v) is 4.04. The van der Waals surface area contributed by atoms with E-state index in [1.54, 1.807) is 13.1 Å². The number of hydrogen-bond acceptors (Lipinski definition) is 2. The Morgan fingerprint density at radius 1 is 1.33 bits per heavy atom. The van der Waals surface area contributed by atoms with Crippen molar-refractivity contribution >= 4 is 18.0 Å². The Labute approximate surface area is 109 Å². The standard InChI is InChI=1S/C16H18N2/c1-5-7-14-8-9-15(10-12(14)3)16(18-6-2)13(4)11-17/h5-10H,1-4H3/b7-5-,16-13+,18-6?. The zero-order chi connectivity index (χ0) is 13.5. The zero-order valence-electron chi connectivity index (χ0n) is 11.4. The predicted octanol–water partition coefficient (Wildman–Crippen LogP) is 4.37. The van der Waals surface area contributed by atoms with Crippen LogP contribution in [0.4, 0.5) is 0 Å². The highest BCUT2D eigenvalue weighted by molar-refractivity contribution is 5.77. The molecule has 0 N–H and O–H groups in total. The summed E-state index contributed by atoms with van der Waals surface area (Å²) in [6, 6.07) is 8.29. The van der Waals surface area contributed by atoms with Gasteiger partial charge in [0.2, 0.25) is 0 Å². The molecule has 0 radical (unpaired) electrons. The summed E-state index contributed by atoms with van der Waals surface area (Å²) in [5, 5.41) is 9.01. The molecule has 0 aliphatic heterocycles. The van der Waals surface area contributed by atoms with E-state index in [0.717, 1.165) is 11.3 Å². The largest absolute Gasteiger partial charge is 0.260 e. The molecule has 1 aromatic carbocycles. The number of nitrogens with zero attached hydrogens (tertiary/aromatic N) is 2. The second kappa shape index (κ2) is 6.56. The molecule has 2 nitrogen and oxygen atoms in total. The molecule has 0 amide bonds. The molecule has 0 saturated heterocycles. The van der Waals surface area contributed by atoms with Gasteiger partial charge in [-0.25, -0.2) is 0 Å². The van der Waals surface area contributed by atoms with Crippen LogP contribution >= 0.6 is 0 Å². The van der Waals surface area contributed by atoms with E-state index < -0.39 is 0 Å². The number of nitriles is 1. The molecule has 0 fully saturated rings. The van der Waals surface area contributed by atoms with Crippen LogP contribution in [-0.2, 0) is 0 Å². The monoisotopic (exact) mass is 238 g/mol. The average Bonchev–Trinajstić information content (AvgIpc) is 2.38. The fourth-order valence-corrected chi connectivity index (χ4v) is 1.76. The van der Waals surface area contributed by atoms with E-state index in [1.807, 2.05) is 26.0 Å². The molecular formula is C16H18N2. The quantitative estimate of drug-likeness (QED) is 0.569. The van der Waals surface area contributed by atoms with Crippen LogP contribution in [-0.4, -0.2) is 6.21 Å². The summed E-state index contributed by atoms with van der Waals surface area (Å²) in [6.07, 6.45) is 5.80. The first-order valence-corrected chi connectivity index (χ1v) is 5.97. The minimum Gasteiger partial charge on any atom is -0.260 e. The van der Waals surface area contributed by atoms with E-state index in [4.69, 9.17) is 5.26 Å². The highest BCUT2D eigenvalue weighted by atomic mass is 14.7. The fraction of sp³-hybridized carbons (Fsp3) is 0.250. The molecule has 0 unspecified atom stereocenters. The molecule has 2 heteroatoms. The molecule has 0 spiro atoms. The maximum atomic E-state index is 9.01. The van der Waals surface area contributed by atoms with E-state index in [1.165, 1.54) is 11.1 Å². The van der Waals surface area contributed by atoms with E-state index in [-0.39, 0.29) is 0 Å². The lowest BCUT2D eigenvalue weighted by atomic mass is 10.0. The molecule has 0 aliphatic carbocycles. The Kier molecular flexibility index (Phi) is 5.07. The first kappa shape index (κ1) is 13.9. The van der Waals surface area contributed by atoms with Crippen molar-refractivity contribution in [1.82, 2.24) is 0 Å². The Morgan fingerprint density at radius 2 is 2.06 bits per heavy atom. The lowest BCUT2D eigenvalue weighted by molar-refractivity contribution is 1.36. The van der Waals surface area contributed by atoms with Crippen molar-refractivity contribution < 1.29 is 0 Å². The Bertz CT molecular complexity index is 555. The molecule has 1 aromatic rings. The number of aliphatic imine (C=N–C) groups is 1. The maximum absolute atomic E-state index is 9.01. The van der Waals surface area contributed by atoms with Gasteiger partial charge in [0.05, 0.1) is 17.3 Å². The third-order valence-electron chi connectivity index (χ3n) is 2.67. The Hall–Kier alpha value is -2.14. The van der Waals surface area contributed by atoms with E-state index in [9.17, 15) is 0 Å². The molecule has 92 valence electrons. The smallest absolute Gasteiger partial charge is 0.0967 e. The molecule has 0 aromatic heterocycles. The van der Waals surface area contributed by atoms with Crippen LogP contribution in [0.3, 0.4) is 0 Å². The predicted molar refractivity (Wildman–Crippen MR) is 78.3 cm³/mol. The summed E-state index contributed by atoms with van der Waals surface area (Å²) < 4.78 is 0. The number of hydrogen-bond donors (Lipinski definition) is 0. The van der Waals surface area contributed by atoms with Crippen molar-refractivity contribution in [1.29, 1.82) is 5.26 Å². The van der Waals surface area contributed by atoms with Crippen molar-refractivity contribution in [3.63, 3.8) is 0 Å². The summed E-state index contributed by atoms with van der Waals surface area (Å²) in [5.41, 5.74) is 4.73. The van der Waals surface area contributed by atoms with Crippen LogP contribution in [0.15, 0.2) is 34.8 Å². The Morgan fingerprint density at radius 3 is 2.56 bits per heavy atom. The minimum absolute atomic E-state index is 0.631. The van der Waals surface area contributed by atoms with Crippen molar-refractivity contribution in [3.8, 4) is 6.07 Å². The van der Waals surface area contributed by atoms with Crippen molar-refractivity contribution in [2.24, 2.45) is 4.99 Å². The van der Waals surface area contributed by atoms with Crippen LogP contribution in [0.1, 0.15) is 37.5 Å². The van der Waals surface area contributed by atoms with Crippen molar-refractivity contribution in [3.05, 3.63) is 46.5 Å². The molecular weight excluding hydrogens is 220 g/mol. The summed E-state index contributed by atoms with van der Waals surface area (Å²) in [4.78, 5) is 4.30. The van der Waals surface area contributed by atoms with E-state index in [0.29, 0.717) is 5.57 Å². The van der Waals surface area contributed by atoms with Crippen LogP contribution in [0, 0.1) is 18.3 Å². The molecule has 0 atom stereocenters. The van der Waals surface area contributed by atoms with Crippen molar-refractivity contribution in [2.75, 3.05) is 0 Å².